The fourth-order valence-corrected chi connectivity index (χ4v) is 6.77. The smallest absolute Gasteiger partial charge is 0.387 e. The second kappa shape index (κ2) is 12.2. The van der Waals surface area contributed by atoms with Crippen LogP contribution in [0.2, 0.25) is 5.02 Å². The van der Waals surface area contributed by atoms with E-state index in [1.165, 1.54) is 6.07 Å². The summed E-state index contributed by atoms with van der Waals surface area (Å²) in [6, 6.07) is 4.16. The fraction of sp³-hybridized carbons (Fsp3) is 0.452. The fourth-order valence-electron chi connectivity index (χ4n) is 6.45. The number of fused-ring (bicyclic) bond motifs is 1. The Morgan fingerprint density at radius 2 is 1.95 bits per heavy atom. The van der Waals surface area contributed by atoms with Gasteiger partial charge in [0.05, 0.1) is 17.3 Å². The molecule has 0 unspecified atom stereocenters. The molecular weight excluding hydrogens is 583 g/mol. The predicted molar refractivity (Wildman–Crippen MR) is 156 cm³/mol. The zero-order valence-corrected chi connectivity index (χ0v) is 24.6. The van der Waals surface area contributed by atoms with Crippen LogP contribution in [0.3, 0.4) is 0 Å². The van der Waals surface area contributed by atoms with Crippen molar-refractivity contribution in [2.75, 3.05) is 6.54 Å². The van der Waals surface area contributed by atoms with Crippen LogP contribution in [0.15, 0.2) is 36.8 Å². The molecule has 1 aliphatic carbocycles. The van der Waals surface area contributed by atoms with E-state index in [1.54, 1.807) is 19.3 Å². The standard InChI is InChI=1S/C31H33ClF3N5O3/c1-16(27-26(43-31(34)35)10-9-24(33)28(27)32)22-14-38-29-21(22)12-18(13-37-29)23-15-39-40(17(23)2)19-5-7-20(8-6-19)42-30(41)25-4-3-11-36-25/h9-10,12-16,19-20,25,31,36H,3-8,11H2,1-2H3,(H,37,38)/t16-,19?,20?,25-/m0/s1. The van der Waals surface area contributed by atoms with Crippen LogP contribution in [0.5, 0.6) is 5.75 Å². The van der Waals surface area contributed by atoms with E-state index in [9.17, 15) is 18.0 Å². The minimum Gasteiger partial charge on any atom is -0.461 e. The van der Waals surface area contributed by atoms with Gasteiger partial charge in [-0.3, -0.25) is 9.48 Å². The molecule has 0 bridgehead atoms. The number of halogens is 4. The Bertz CT molecular complexity index is 1630. The molecule has 1 saturated heterocycles. The summed E-state index contributed by atoms with van der Waals surface area (Å²) in [5.41, 5.74) is 4.19. The molecule has 1 saturated carbocycles. The van der Waals surface area contributed by atoms with Gasteiger partial charge >= 0.3 is 12.6 Å². The molecule has 6 rings (SSSR count). The maximum absolute atomic E-state index is 14.4. The van der Waals surface area contributed by atoms with Crippen molar-refractivity contribution in [3.05, 3.63) is 64.5 Å². The Kier molecular flexibility index (Phi) is 8.37. The minimum atomic E-state index is -3.08. The highest BCUT2D eigenvalue weighted by atomic mass is 35.5. The number of pyridine rings is 1. The number of carbonyl (C=O) groups excluding carboxylic acids is 1. The molecule has 2 aliphatic rings. The molecule has 43 heavy (non-hydrogen) atoms. The van der Waals surface area contributed by atoms with E-state index in [2.05, 4.69) is 20.0 Å². The van der Waals surface area contributed by atoms with E-state index >= 15 is 0 Å². The molecule has 8 nitrogen and oxygen atoms in total. The Hall–Kier alpha value is -3.57. The van der Waals surface area contributed by atoms with E-state index in [1.807, 2.05) is 23.9 Å². The lowest BCUT2D eigenvalue weighted by molar-refractivity contribution is -0.153. The van der Waals surface area contributed by atoms with Crippen LogP contribution in [0, 0.1) is 12.7 Å². The van der Waals surface area contributed by atoms with Crippen LogP contribution in [-0.4, -0.2) is 51.0 Å². The Balaban J connectivity index is 1.22. The quantitative estimate of drug-likeness (QED) is 0.206. The number of aromatic nitrogens is 4. The number of H-pyrrole nitrogens is 1. The van der Waals surface area contributed by atoms with Gasteiger partial charge in [0.15, 0.2) is 0 Å². The summed E-state index contributed by atoms with van der Waals surface area (Å²) in [4.78, 5) is 20.1. The van der Waals surface area contributed by atoms with Crippen molar-refractivity contribution in [2.24, 2.45) is 0 Å². The first kappa shape index (κ1) is 29.5. The number of benzene rings is 1. The summed E-state index contributed by atoms with van der Waals surface area (Å²) in [5, 5.41) is 8.40. The first-order valence-corrected chi connectivity index (χ1v) is 15.0. The van der Waals surface area contributed by atoms with E-state index in [4.69, 9.17) is 21.4 Å². The van der Waals surface area contributed by atoms with E-state index < -0.39 is 18.3 Å². The second-order valence-corrected chi connectivity index (χ2v) is 11.7. The molecule has 0 spiro atoms. The number of hydrogen-bond donors (Lipinski definition) is 2. The number of ether oxygens (including phenoxy) is 2. The molecule has 0 radical (unpaired) electrons. The van der Waals surface area contributed by atoms with Crippen molar-refractivity contribution in [1.29, 1.82) is 0 Å². The summed E-state index contributed by atoms with van der Waals surface area (Å²) in [6.45, 7) is 1.56. The van der Waals surface area contributed by atoms with Gasteiger partial charge in [-0.05, 0) is 75.8 Å². The summed E-state index contributed by atoms with van der Waals surface area (Å²) in [6.07, 6.45) is 10.4. The normalized spacial score (nSPS) is 21.4. The average Bonchev–Trinajstić information content (AvgIpc) is 3.75. The Labute approximate surface area is 251 Å². The van der Waals surface area contributed by atoms with E-state index in [0.29, 0.717) is 11.2 Å². The summed E-state index contributed by atoms with van der Waals surface area (Å²) >= 11 is 6.27. The van der Waals surface area contributed by atoms with E-state index in [-0.39, 0.29) is 40.5 Å². The largest absolute Gasteiger partial charge is 0.461 e. The molecule has 1 aromatic carbocycles. The molecule has 0 amide bonds. The van der Waals surface area contributed by atoms with Gasteiger partial charge in [0.1, 0.15) is 29.4 Å². The molecule has 1 aliphatic heterocycles. The number of alkyl halides is 2. The second-order valence-electron chi connectivity index (χ2n) is 11.3. The molecule has 2 fully saturated rings. The van der Waals surface area contributed by atoms with Gasteiger partial charge in [0.25, 0.3) is 0 Å². The highest BCUT2D eigenvalue weighted by Crippen LogP contribution is 2.42. The molecule has 228 valence electrons. The van der Waals surface area contributed by atoms with E-state index in [0.717, 1.165) is 73.3 Å². The van der Waals surface area contributed by atoms with Crippen molar-refractivity contribution in [2.45, 2.75) is 83.1 Å². The third-order valence-corrected chi connectivity index (χ3v) is 9.13. The zero-order valence-electron chi connectivity index (χ0n) is 23.9. The first-order valence-electron chi connectivity index (χ1n) is 14.6. The van der Waals surface area contributed by atoms with Crippen LogP contribution in [0.4, 0.5) is 13.2 Å². The lowest BCUT2D eigenvalue weighted by atomic mass is 9.91. The van der Waals surface area contributed by atoms with Crippen LogP contribution in [0.1, 0.15) is 74.2 Å². The monoisotopic (exact) mass is 615 g/mol. The number of esters is 1. The number of rotatable bonds is 8. The zero-order chi connectivity index (χ0) is 30.2. The van der Waals surface area contributed by atoms with Crippen LogP contribution in [-0.2, 0) is 9.53 Å². The van der Waals surface area contributed by atoms with Gasteiger partial charge in [-0.2, -0.15) is 13.9 Å². The van der Waals surface area contributed by atoms with Gasteiger partial charge < -0.3 is 19.8 Å². The first-order chi connectivity index (χ1) is 20.7. The minimum absolute atomic E-state index is 0.0692. The third-order valence-electron chi connectivity index (χ3n) is 8.74. The van der Waals surface area contributed by atoms with Crippen molar-refractivity contribution in [3.8, 4) is 16.9 Å². The van der Waals surface area contributed by atoms with Gasteiger partial charge in [0, 0.05) is 46.1 Å². The van der Waals surface area contributed by atoms with Gasteiger partial charge in [0.2, 0.25) is 0 Å². The van der Waals surface area contributed by atoms with Crippen molar-refractivity contribution in [3.63, 3.8) is 0 Å². The number of hydrogen-bond acceptors (Lipinski definition) is 6. The summed E-state index contributed by atoms with van der Waals surface area (Å²) in [7, 11) is 0. The Morgan fingerprint density at radius 1 is 1.16 bits per heavy atom. The SMILES string of the molecule is Cc1c(-c2cnc3[nH]cc([C@H](C)c4c(OC(F)F)ccc(F)c4Cl)c3c2)cnn1C1CCC(OC(=O)[C@@H]2CCCN2)CC1. The maximum Gasteiger partial charge on any atom is 0.387 e. The predicted octanol–water partition coefficient (Wildman–Crippen LogP) is 7.06. The highest BCUT2D eigenvalue weighted by molar-refractivity contribution is 6.31. The summed E-state index contributed by atoms with van der Waals surface area (Å²) < 4.78 is 53.2. The van der Waals surface area contributed by atoms with Crippen molar-refractivity contribution in [1.82, 2.24) is 25.1 Å². The number of carbonyl (C=O) groups is 1. The van der Waals surface area contributed by atoms with Gasteiger partial charge in [-0.15, -0.1) is 0 Å². The molecule has 3 aromatic heterocycles. The highest BCUT2D eigenvalue weighted by Gasteiger charge is 2.31. The van der Waals surface area contributed by atoms with Crippen LogP contribution < -0.4 is 10.1 Å². The lowest BCUT2D eigenvalue weighted by Gasteiger charge is -2.30. The molecule has 12 heteroatoms. The number of nitrogens with zero attached hydrogens (tertiary/aromatic N) is 3. The topological polar surface area (TPSA) is 94.1 Å². The van der Waals surface area contributed by atoms with Gasteiger partial charge in [-0.1, -0.05) is 18.5 Å². The van der Waals surface area contributed by atoms with Crippen molar-refractivity contribution >= 4 is 28.6 Å². The van der Waals surface area contributed by atoms with Crippen molar-refractivity contribution < 1.29 is 27.4 Å². The molecule has 2 N–H and O–H groups in total. The molecular formula is C31H33ClF3N5O3. The molecule has 4 aromatic rings. The average molecular weight is 616 g/mol. The number of aromatic amines is 1. The van der Waals surface area contributed by atoms with Gasteiger partial charge in [-0.25, -0.2) is 9.37 Å². The van der Waals surface area contributed by atoms with Crippen LogP contribution in [0.25, 0.3) is 22.2 Å². The summed E-state index contributed by atoms with van der Waals surface area (Å²) in [5.74, 6) is -1.62. The number of nitrogens with one attached hydrogen (secondary N) is 2. The van der Waals surface area contributed by atoms with Crippen LogP contribution >= 0.6 is 11.6 Å². The molecule has 4 heterocycles. The Morgan fingerprint density at radius 3 is 2.67 bits per heavy atom. The maximum atomic E-state index is 14.4. The molecule has 2 atom stereocenters. The third kappa shape index (κ3) is 5.84. The lowest BCUT2D eigenvalue weighted by Crippen LogP contribution is -2.36.